The first-order chi connectivity index (χ1) is 10.2. The van der Waals surface area contributed by atoms with E-state index in [1.54, 1.807) is 11.0 Å². The summed E-state index contributed by atoms with van der Waals surface area (Å²) in [6, 6.07) is 4.26. The molecule has 1 aliphatic heterocycles. The van der Waals surface area contributed by atoms with Crippen LogP contribution in [0, 0.1) is 5.82 Å². The van der Waals surface area contributed by atoms with E-state index in [0.717, 1.165) is 19.3 Å². The van der Waals surface area contributed by atoms with Crippen molar-refractivity contribution in [3.8, 4) is 0 Å². The third-order valence-corrected chi connectivity index (χ3v) is 3.99. The molecule has 1 N–H and O–H groups in total. The summed E-state index contributed by atoms with van der Waals surface area (Å²) >= 11 is 5.76. The average molecular weight is 309 g/mol. The molecule has 0 saturated carbocycles. The molecule has 1 saturated heterocycles. The molecule has 0 bridgehead atoms. The van der Waals surface area contributed by atoms with E-state index < -0.39 is 5.82 Å². The number of hydrogen-bond acceptors (Lipinski definition) is 3. The van der Waals surface area contributed by atoms with E-state index in [1.807, 2.05) is 0 Å². The number of nitrogens with zero attached hydrogens (tertiary/aromatic N) is 3. The molecular weight excluding hydrogens is 295 g/mol. The van der Waals surface area contributed by atoms with Gasteiger partial charge in [-0.2, -0.15) is 5.10 Å². The van der Waals surface area contributed by atoms with Gasteiger partial charge in [0.15, 0.2) is 5.82 Å². The maximum atomic E-state index is 14.1. The molecule has 1 atom stereocenters. The summed E-state index contributed by atoms with van der Waals surface area (Å²) in [5.41, 5.74) is -0.00563. The van der Waals surface area contributed by atoms with Gasteiger partial charge < -0.3 is 4.90 Å². The molecule has 0 radical (unpaired) electrons. The molecule has 0 aliphatic carbocycles. The predicted octanol–water partition coefficient (Wildman–Crippen LogP) is 2.96. The lowest BCUT2D eigenvalue weighted by molar-refractivity contribution is 0.0595. The molecule has 2 heterocycles. The van der Waals surface area contributed by atoms with Crippen molar-refractivity contribution >= 4 is 17.5 Å². The summed E-state index contributed by atoms with van der Waals surface area (Å²) in [4.78, 5) is 18.4. The highest BCUT2D eigenvalue weighted by atomic mass is 35.5. The van der Waals surface area contributed by atoms with Crippen LogP contribution in [0.1, 0.15) is 41.5 Å². The third kappa shape index (κ3) is 2.63. The quantitative estimate of drug-likeness (QED) is 0.927. The van der Waals surface area contributed by atoms with Crippen molar-refractivity contribution in [2.75, 3.05) is 6.54 Å². The molecule has 3 rings (SSSR count). The summed E-state index contributed by atoms with van der Waals surface area (Å²) < 4.78 is 14.1. The highest BCUT2D eigenvalue weighted by Crippen LogP contribution is 2.31. The number of benzene rings is 1. The van der Waals surface area contributed by atoms with Crippen LogP contribution in [0.2, 0.25) is 5.02 Å². The van der Waals surface area contributed by atoms with Crippen LogP contribution >= 0.6 is 11.6 Å². The van der Waals surface area contributed by atoms with Crippen molar-refractivity contribution in [3.63, 3.8) is 0 Å². The van der Waals surface area contributed by atoms with E-state index in [9.17, 15) is 9.18 Å². The van der Waals surface area contributed by atoms with Crippen molar-refractivity contribution in [2.24, 2.45) is 0 Å². The number of aromatic amines is 1. The van der Waals surface area contributed by atoms with Crippen LogP contribution in [-0.2, 0) is 0 Å². The van der Waals surface area contributed by atoms with Crippen LogP contribution < -0.4 is 0 Å². The van der Waals surface area contributed by atoms with Gasteiger partial charge in [-0.3, -0.25) is 9.89 Å². The maximum absolute atomic E-state index is 14.1. The van der Waals surface area contributed by atoms with Crippen LogP contribution in [-0.4, -0.2) is 32.5 Å². The number of likely N-dealkylation sites (tertiary alicyclic amines) is 1. The smallest absolute Gasteiger partial charge is 0.257 e. The molecule has 7 heteroatoms. The minimum absolute atomic E-state index is 0.00563. The summed E-state index contributed by atoms with van der Waals surface area (Å²) in [7, 11) is 0. The van der Waals surface area contributed by atoms with Gasteiger partial charge in [0, 0.05) is 6.54 Å². The zero-order valence-corrected chi connectivity index (χ0v) is 12.0. The Morgan fingerprint density at radius 1 is 1.43 bits per heavy atom. The van der Waals surface area contributed by atoms with Crippen LogP contribution in [0.3, 0.4) is 0 Å². The second-order valence-electron chi connectivity index (χ2n) is 4.98. The lowest BCUT2D eigenvalue weighted by atomic mass is 10.00. The van der Waals surface area contributed by atoms with Crippen molar-refractivity contribution in [1.29, 1.82) is 0 Å². The largest absolute Gasteiger partial charge is 0.328 e. The first-order valence-corrected chi connectivity index (χ1v) is 7.16. The molecular formula is C14H14ClFN4O. The standard InChI is InChI=1S/C14H14ClFN4O/c15-10-5-3-4-9(12(10)16)14(21)20-7-2-1-6-11(20)13-17-8-18-19-13/h3-5,8,11H,1-2,6-7H2,(H,17,18,19). The summed E-state index contributed by atoms with van der Waals surface area (Å²) in [6.07, 6.45) is 4.07. The number of carbonyl (C=O) groups excluding carboxylic acids is 1. The predicted molar refractivity (Wildman–Crippen MR) is 75.4 cm³/mol. The van der Waals surface area contributed by atoms with Gasteiger partial charge in [-0.25, -0.2) is 9.37 Å². The molecule has 1 unspecified atom stereocenters. The molecule has 1 aromatic heterocycles. The van der Waals surface area contributed by atoms with Gasteiger partial charge in [0.2, 0.25) is 0 Å². The van der Waals surface area contributed by atoms with Gasteiger partial charge in [-0.15, -0.1) is 0 Å². The fourth-order valence-electron chi connectivity index (χ4n) is 2.66. The minimum Gasteiger partial charge on any atom is -0.328 e. The van der Waals surface area contributed by atoms with Crippen molar-refractivity contribution < 1.29 is 9.18 Å². The lowest BCUT2D eigenvalue weighted by Crippen LogP contribution is -2.39. The number of halogens is 2. The first kappa shape index (κ1) is 14.0. The fourth-order valence-corrected chi connectivity index (χ4v) is 2.83. The highest BCUT2D eigenvalue weighted by Gasteiger charge is 2.31. The Morgan fingerprint density at radius 3 is 3.05 bits per heavy atom. The Kier molecular flexibility index (Phi) is 3.88. The van der Waals surface area contributed by atoms with Gasteiger partial charge in [0.05, 0.1) is 16.6 Å². The molecule has 1 amide bonds. The number of amides is 1. The Bertz CT molecular complexity index is 646. The number of aromatic nitrogens is 3. The van der Waals surface area contributed by atoms with Crippen molar-refractivity contribution in [1.82, 2.24) is 20.1 Å². The topological polar surface area (TPSA) is 61.9 Å². The van der Waals surface area contributed by atoms with Gasteiger partial charge >= 0.3 is 0 Å². The highest BCUT2D eigenvalue weighted by molar-refractivity contribution is 6.31. The zero-order valence-electron chi connectivity index (χ0n) is 11.2. The number of nitrogens with one attached hydrogen (secondary N) is 1. The normalized spacial score (nSPS) is 18.8. The zero-order chi connectivity index (χ0) is 14.8. The van der Waals surface area contributed by atoms with E-state index in [0.29, 0.717) is 12.4 Å². The van der Waals surface area contributed by atoms with Gasteiger partial charge in [0.1, 0.15) is 12.2 Å². The van der Waals surface area contributed by atoms with Crippen LogP contribution in [0.5, 0.6) is 0 Å². The molecule has 2 aromatic rings. The maximum Gasteiger partial charge on any atom is 0.257 e. The SMILES string of the molecule is O=C(c1cccc(Cl)c1F)N1CCCCC1c1ncn[nH]1. The summed E-state index contributed by atoms with van der Waals surface area (Å²) in [6.45, 7) is 0.566. The summed E-state index contributed by atoms with van der Waals surface area (Å²) in [5, 5.41) is 6.57. The molecule has 1 fully saturated rings. The number of piperidine rings is 1. The monoisotopic (exact) mass is 308 g/mol. The molecule has 21 heavy (non-hydrogen) atoms. The van der Waals surface area contributed by atoms with Crippen LogP contribution in [0.4, 0.5) is 4.39 Å². The average Bonchev–Trinajstić information content (AvgIpc) is 3.03. The minimum atomic E-state index is -0.675. The Labute approximate surface area is 126 Å². The van der Waals surface area contributed by atoms with Crippen molar-refractivity contribution in [2.45, 2.75) is 25.3 Å². The number of hydrogen-bond donors (Lipinski definition) is 1. The Balaban J connectivity index is 1.93. The molecule has 1 aromatic carbocycles. The second kappa shape index (κ2) is 5.81. The molecule has 5 nitrogen and oxygen atoms in total. The number of H-pyrrole nitrogens is 1. The first-order valence-electron chi connectivity index (χ1n) is 6.78. The Hall–Kier alpha value is -1.95. The van der Waals surface area contributed by atoms with Gasteiger partial charge in [0.25, 0.3) is 5.91 Å². The fraction of sp³-hybridized carbons (Fsp3) is 0.357. The van der Waals surface area contributed by atoms with E-state index in [4.69, 9.17) is 11.6 Å². The molecule has 110 valence electrons. The van der Waals surface area contributed by atoms with E-state index in [-0.39, 0.29) is 22.5 Å². The third-order valence-electron chi connectivity index (χ3n) is 3.69. The lowest BCUT2D eigenvalue weighted by Gasteiger charge is -2.34. The summed E-state index contributed by atoms with van der Waals surface area (Å²) in [5.74, 6) is -0.410. The second-order valence-corrected chi connectivity index (χ2v) is 5.39. The van der Waals surface area contributed by atoms with E-state index in [2.05, 4.69) is 15.2 Å². The van der Waals surface area contributed by atoms with Crippen LogP contribution in [0.15, 0.2) is 24.5 Å². The van der Waals surface area contributed by atoms with E-state index in [1.165, 1.54) is 18.5 Å². The molecule has 1 aliphatic rings. The van der Waals surface area contributed by atoms with Gasteiger partial charge in [-0.05, 0) is 31.4 Å². The van der Waals surface area contributed by atoms with Crippen LogP contribution in [0.25, 0.3) is 0 Å². The van der Waals surface area contributed by atoms with Gasteiger partial charge in [-0.1, -0.05) is 17.7 Å². The van der Waals surface area contributed by atoms with E-state index >= 15 is 0 Å². The number of rotatable bonds is 2. The Morgan fingerprint density at radius 2 is 2.29 bits per heavy atom. The van der Waals surface area contributed by atoms with Crippen molar-refractivity contribution in [3.05, 3.63) is 46.8 Å². The number of carbonyl (C=O) groups is 1. The molecule has 0 spiro atoms.